The van der Waals surface area contributed by atoms with E-state index in [1.54, 1.807) is 35.5 Å². The number of piperazine rings is 1. The molecule has 6 aliphatic rings. The van der Waals surface area contributed by atoms with Gasteiger partial charge in [-0.3, -0.25) is 18.9 Å². The predicted molar refractivity (Wildman–Crippen MR) is 184 cm³/mol. The average Bonchev–Trinajstić information content (AvgIpc) is 3.84. The second kappa shape index (κ2) is 13.1. The molecular formula is C35H45F2N4O8PS. The molecule has 4 amide bonds. The number of benzene rings is 1. The highest BCUT2D eigenvalue weighted by atomic mass is 32.1. The van der Waals surface area contributed by atoms with Crippen LogP contribution in [-0.2, 0) is 33.6 Å². The minimum Gasteiger partial charge on any atom is -0.444 e. The summed E-state index contributed by atoms with van der Waals surface area (Å²) in [6.45, 7) is 9.25. The first kappa shape index (κ1) is 36.2. The van der Waals surface area contributed by atoms with Gasteiger partial charge in [0.25, 0.3) is 5.91 Å². The number of nitrogens with one attached hydrogen (secondary N) is 1. The highest BCUT2D eigenvalue weighted by Gasteiger charge is 2.77. The normalized spacial score (nSPS) is 28.9. The van der Waals surface area contributed by atoms with Crippen molar-refractivity contribution in [2.75, 3.05) is 39.4 Å². The minimum atomic E-state index is -4.82. The molecule has 51 heavy (non-hydrogen) atoms. The second-order valence-corrected chi connectivity index (χ2v) is 18.3. The Balaban J connectivity index is 1.05. The number of nitrogens with zero attached hydrogens (tertiary/aromatic N) is 3. The van der Waals surface area contributed by atoms with Gasteiger partial charge in [0, 0.05) is 42.5 Å². The summed E-state index contributed by atoms with van der Waals surface area (Å²) in [6, 6.07) is 3.76. The van der Waals surface area contributed by atoms with Crippen LogP contribution in [0.15, 0.2) is 24.3 Å². The Bertz CT molecular complexity index is 1770. The summed E-state index contributed by atoms with van der Waals surface area (Å²) in [5, 5.41) is 3.29. The summed E-state index contributed by atoms with van der Waals surface area (Å²) in [5.74, 6) is 0.863. The lowest BCUT2D eigenvalue weighted by Gasteiger charge is -2.41. The number of amides is 4. The summed E-state index contributed by atoms with van der Waals surface area (Å²) < 4.78 is 59.9. The Kier molecular flexibility index (Phi) is 9.29. The first-order valence-corrected chi connectivity index (χ1v) is 20.1. The van der Waals surface area contributed by atoms with Gasteiger partial charge in [0.1, 0.15) is 17.7 Å². The summed E-state index contributed by atoms with van der Waals surface area (Å²) in [7, 11) is -4.82. The zero-order valence-corrected chi connectivity index (χ0v) is 31.1. The molecule has 1 aromatic carbocycles. The van der Waals surface area contributed by atoms with Gasteiger partial charge >= 0.3 is 19.4 Å². The molecule has 2 saturated carbocycles. The first-order chi connectivity index (χ1) is 24.1. The summed E-state index contributed by atoms with van der Waals surface area (Å²) in [5.41, 5.74) is -5.09. The number of hydrogen-bond donors (Lipinski definition) is 1. The molecule has 5 heterocycles. The fourth-order valence-electron chi connectivity index (χ4n) is 8.43. The maximum atomic E-state index is 15.5. The maximum absolute atomic E-state index is 15.5. The van der Waals surface area contributed by atoms with Crippen molar-refractivity contribution in [1.29, 1.82) is 0 Å². The number of thiophene rings is 1. The molecule has 2 aromatic rings. The molecule has 4 saturated heterocycles. The van der Waals surface area contributed by atoms with Crippen LogP contribution in [-0.4, -0.2) is 102 Å². The van der Waals surface area contributed by atoms with Gasteiger partial charge in [0.05, 0.1) is 18.1 Å². The summed E-state index contributed by atoms with van der Waals surface area (Å²) in [4.78, 5) is 59.7. The van der Waals surface area contributed by atoms with Gasteiger partial charge in [-0.2, -0.15) is 8.78 Å². The zero-order valence-electron chi connectivity index (χ0n) is 29.4. The van der Waals surface area contributed by atoms with Crippen LogP contribution in [0.4, 0.5) is 13.6 Å². The van der Waals surface area contributed by atoms with E-state index in [0.29, 0.717) is 72.8 Å². The molecule has 8 rings (SSSR count). The largest absolute Gasteiger partial charge is 0.444 e. The molecule has 16 heteroatoms. The summed E-state index contributed by atoms with van der Waals surface area (Å²) in [6.07, 6.45) is 1.35. The molecule has 1 N–H and O–H groups in total. The van der Waals surface area contributed by atoms with Crippen LogP contribution in [0.1, 0.15) is 69.1 Å². The average molecular weight is 751 g/mol. The van der Waals surface area contributed by atoms with Gasteiger partial charge in [-0.1, -0.05) is 6.07 Å². The van der Waals surface area contributed by atoms with E-state index in [9.17, 15) is 23.7 Å². The van der Waals surface area contributed by atoms with E-state index in [1.807, 2.05) is 0 Å². The van der Waals surface area contributed by atoms with E-state index in [0.717, 1.165) is 23.8 Å². The van der Waals surface area contributed by atoms with Crippen LogP contribution in [0.25, 0.3) is 10.1 Å². The molecule has 7 atom stereocenters. The molecule has 12 nitrogen and oxygen atoms in total. The highest BCUT2D eigenvalue weighted by molar-refractivity contribution is 7.54. The third-order valence-corrected chi connectivity index (χ3v) is 14.1. The van der Waals surface area contributed by atoms with Gasteiger partial charge in [0.15, 0.2) is 0 Å². The fourth-order valence-corrected chi connectivity index (χ4v) is 10.9. The van der Waals surface area contributed by atoms with E-state index < -0.39 is 48.5 Å². The predicted octanol–water partition coefficient (Wildman–Crippen LogP) is 5.65. The number of fused-ring (bicyclic) bond motifs is 3. The van der Waals surface area contributed by atoms with Crippen molar-refractivity contribution in [3.05, 3.63) is 34.7 Å². The van der Waals surface area contributed by atoms with Crippen LogP contribution < -0.4 is 5.32 Å². The third kappa shape index (κ3) is 6.46. The number of alkyl halides is 2. The Hall–Kier alpha value is -3.13. The number of halogens is 2. The van der Waals surface area contributed by atoms with Crippen molar-refractivity contribution in [2.45, 2.75) is 83.3 Å². The number of hydrogen-bond acceptors (Lipinski definition) is 9. The maximum Gasteiger partial charge on any atom is 0.410 e. The van der Waals surface area contributed by atoms with Crippen LogP contribution in [0.3, 0.4) is 0 Å². The third-order valence-electron chi connectivity index (χ3n) is 10.8. The molecule has 1 aromatic heterocycles. The van der Waals surface area contributed by atoms with Crippen molar-refractivity contribution in [3.8, 4) is 0 Å². The van der Waals surface area contributed by atoms with Crippen LogP contribution >= 0.6 is 18.9 Å². The molecule has 3 unspecified atom stereocenters. The van der Waals surface area contributed by atoms with Crippen molar-refractivity contribution < 1.29 is 46.3 Å². The van der Waals surface area contributed by atoms with E-state index in [-0.39, 0.29) is 35.9 Å². The molecule has 6 fully saturated rings. The fraction of sp³-hybridized carbons (Fsp3) is 0.657. The van der Waals surface area contributed by atoms with Crippen molar-refractivity contribution >= 4 is 52.8 Å². The van der Waals surface area contributed by atoms with E-state index in [4.69, 9.17) is 13.8 Å². The number of ether oxygens (including phenoxy) is 1. The lowest BCUT2D eigenvalue weighted by molar-refractivity contribution is -0.149. The van der Waals surface area contributed by atoms with Gasteiger partial charge in [-0.05, 0) is 101 Å². The molecule has 2 aliphatic carbocycles. The molecule has 0 radical (unpaired) electrons. The second-order valence-electron chi connectivity index (χ2n) is 15.1. The molecule has 4 aliphatic heterocycles. The van der Waals surface area contributed by atoms with Crippen molar-refractivity contribution in [3.63, 3.8) is 0 Å². The van der Waals surface area contributed by atoms with Crippen molar-refractivity contribution in [2.24, 2.45) is 23.7 Å². The number of rotatable bonds is 9. The smallest absolute Gasteiger partial charge is 0.410 e. The summed E-state index contributed by atoms with van der Waals surface area (Å²) >= 11 is 1.11. The molecule has 278 valence electrons. The van der Waals surface area contributed by atoms with Gasteiger partial charge in [-0.25, -0.2) is 4.79 Å². The van der Waals surface area contributed by atoms with Gasteiger partial charge < -0.3 is 33.8 Å². The highest BCUT2D eigenvalue weighted by Crippen LogP contribution is 2.77. The van der Waals surface area contributed by atoms with Crippen LogP contribution in [0.2, 0.25) is 0 Å². The Morgan fingerprint density at radius 3 is 2.24 bits per heavy atom. The van der Waals surface area contributed by atoms with Crippen molar-refractivity contribution in [1.82, 2.24) is 20.0 Å². The SMILES string of the molecule is CCOP(=O)(OCC)C(F)(F)c1ccc2sc(C(=O)N[C@H]3CC4C5C([C@H]45)[C@H]4CC[C@@H](C(=O)N5CCN(C(=O)OC(C)(C)C)CC5)N4C3=O)cc2c1. The zero-order chi connectivity index (χ0) is 36.6. The number of carbonyl (C=O) groups is 4. The quantitative estimate of drug-likeness (QED) is 0.325. The molecule has 2 bridgehead atoms. The van der Waals surface area contributed by atoms with Gasteiger partial charge in [0.2, 0.25) is 11.8 Å². The lowest BCUT2D eigenvalue weighted by Crippen LogP contribution is -2.60. The minimum absolute atomic E-state index is 0.0470. The van der Waals surface area contributed by atoms with E-state index in [2.05, 4.69) is 5.32 Å². The van der Waals surface area contributed by atoms with Crippen LogP contribution in [0.5, 0.6) is 0 Å². The monoisotopic (exact) mass is 750 g/mol. The standard InChI is InChI=1S/C35H45F2N4O8PS/c1-6-47-50(46,48-7-2)35(36,37)20-8-11-25-19(16-20)17-26(51-25)30(42)38-22-18-21-27-28(21)29(27)23-9-10-24(41(23)31(22)43)32(44)39-12-14-40(15-13-39)33(45)49-34(3,4)5/h8,11,16-17,21-24,27-29H,6-7,9-10,12-15,18H2,1-5H3,(H,38,42)/t21?,22-,23+,24-,27+,28?,29?/m0/s1. The van der Waals surface area contributed by atoms with E-state index in [1.165, 1.54) is 32.0 Å². The van der Waals surface area contributed by atoms with Crippen LogP contribution in [0, 0.1) is 23.7 Å². The lowest BCUT2D eigenvalue weighted by atomic mass is 9.88. The molecular weight excluding hydrogens is 705 g/mol. The first-order valence-electron chi connectivity index (χ1n) is 17.8. The Morgan fingerprint density at radius 1 is 0.961 bits per heavy atom. The topological polar surface area (TPSA) is 135 Å². The van der Waals surface area contributed by atoms with E-state index >= 15 is 8.78 Å². The van der Waals surface area contributed by atoms with Gasteiger partial charge in [-0.15, -0.1) is 11.3 Å². The Labute approximate surface area is 299 Å². The number of carbonyl (C=O) groups excluding carboxylic acids is 4. The Morgan fingerprint density at radius 2 is 1.61 bits per heavy atom. The molecule has 0 spiro atoms.